The van der Waals surface area contributed by atoms with Crippen molar-refractivity contribution in [1.29, 1.82) is 0 Å². The maximum atomic E-state index is 12.9. The SMILES string of the molecule is COc1cccc(CN2CCN(c3ccc4c(c3)OCO4)C(=O)C2C)c1. The van der Waals surface area contributed by atoms with Crippen LogP contribution in [0.2, 0.25) is 0 Å². The first-order valence-corrected chi connectivity index (χ1v) is 8.74. The number of hydrogen-bond acceptors (Lipinski definition) is 5. The zero-order valence-electron chi connectivity index (χ0n) is 15.0. The van der Waals surface area contributed by atoms with Crippen molar-refractivity contribution in [3.63, 3.8) is 0 Å². The molecule has 6 nitrogen and oxygen atoms in total. The molecule has 1 saturated heterocycles. The Morgan fingerprint density at radius 2 is 1.96 bits per heavy atom. The Balaban J connectivity index is 1.48. The minimum Gasteiger partial charge on any atom is -0.497 e. The fourth-order valence-electron chi connectivity index (χ4n) is 3.44. The van der Waals surface area contributed by atoms with Crippen LogP contribution >= 0.6 is 0 Å². The maximum absolute atomic E-state index is 12.9. The molecule has 2 aromatic rings. The maximum Gasteiger partial charge on any atom is 0.244 e. The number of benzene rings is 2. The van der Waals surface area contributed by atoms with Gasteiger partial charge in [0.2, 0.25) is 12.7 Å². The second-order valence-electron chi connectivity index (χ2n) is 6.53. The third-order valence-electron chi connectivity index (χ3n) is 4.97. The van der Waals surface area contributed by atoms with Gasteiger partial charge in [0.05, 0.1) is 13.2 Å². The summed E-state index contributed by atoms with van der Waals surface area (Å²) in [5, 5.41) is 0. The predicted octanol–water partition coefficient (Wildman–Crippen LogP) is 2.66. The van der Waals surface area contributed by atoms with Crippen LogP contribution in [0.1, 0.15) is 12.5 Å². The first kappa shape index (κ1) is 16.7. The number of hydrogen-bond donors (Lipinski definition) is 0. The van der Waals surface area contributed by atoms with E-state index in [9.17, 15) is 4.79 Å². The quantitative estimate of drug-likeness (QED) is 0.845. The average Bonchev–Trinajstić information content (AvgIpc) is 3.13. The smallest absolute Gasteiger partial charge is 0.244 e. The molecule has 2 aliphatic heterocycles. The van der Waals surface area contributed by atoms with Gasteiger partial charge in [-0.05, 0) is 36.8 Å². The van der Waals surface area contributed by atoms with Gasteiger partial charge in [-0.3, -0.25) is 9.69 Å². The molecule has 0 aliphatic carbocycles. The molecule has 0 aromatic heterocycles. The summed E-state index contributed by atoms with van der Waals surface area (Å²) in [5.41, 5.74) is 1.99. The van der Waals surface area contributed by atoms with Gasteiger partial charge in [0, 0.05) is 31.4 Å². The van der Waals surface area contributed by atoms with Crippen molar-refractivity contribution in [3.8, 4) is 17.2 Å². The molecule has 0 saturated carbocycles. The second-order valence-corrected chi connectivity index (χ2v) is 6.53. The molecule has 1 fully saturated rings. The van der Waals surface area contributed by atoms with Crippen molar-refractivity contribution in [3.05, 3.63) is 48.0 Å². The summed E-state index contributed by atoms with van der Waals surface area (Å²) in [6.07, 6.45) is 0. The van der Waals surface area contributed by atoms with Crippen LogP contribution in [0.25, 0.3) is 0 Å². The van der Waals surface area contributed by atoms with Crippen molar-refractivity contribution in [2.24, 2.45) is 0 Å². The van der Waals surface area contributed by atoms with Gasteiger partial charge in [0.25, 0.3) is 0 Å². The Kier molecular flexibility index (Phi) is 4.42. The molecular weight excluding hydrogens is 332 g/mol. The third-order valence-corrected chi connectivity index (χ3v) is 4.97. The number of methoxy groups -OCH3 is 1. The van der Waals surface area contributed by atoms with E-state index in [-0.39, 0.29) is 18.7 Å². The molecule has 0 spiro atoms. The van der Waals surface area contributed by atoms with E-state index in [4.69, 9.17) is 14.2 Å². The van der Waals surface area contributed by atoms with E-state index in [2.05, 4.69) is 11.0 Å². The fourth-order valence-corrected chi connectivity index (χ4v) is 3.44. The molecule has 26 heavy (non-hydrogen) atoms. The van der Waals surface area contributed by atoms with E-state index in [1.165, 1.54) is 0 Å². The van der Waals surface area contributed by atoms with Gasteiger partial charge >= 0.3 is 0 Å². The second kappa shape index (κ2) is 6.88. The highest BCUT2D eigenvalue weighted by molar-refractivity contribution is 5.98. The molecule has 1 amide bonds. The standard InChI is InChI=1S/C20H22N2O4/c1-14-20(23)22(16-6-7-18-19(11-16)26-13-25-18)9-8-21(14)12-15-4-3-5-17(10-15)24-2/h3-7,10-11,14H,8-9,12-13H2,1-2H3. The number of anilines is 1. The molecule has 4 rings (SSSR count). The molecule has 136 valence electrons. The van der Waals surface area contributed by atoms with Gasteiger partial charge in [-0.2, -0.15) is 0 Å². The van der Waals surface area contributed by atoms with Crippen molar-refractivity contribution >= 4 is 11.6 Å². The van der Waals surface area contributed by atoms with Gasteiger partial charge in [-0.1, -0.05) is 12.1 Å². The number of carbonyl (C=O) groups is 1. The van der Waals surface area contributed by atoms with Crippen molar-refractivity contribution in [2.45, 2.75) is 19.5 Å². The summed E-state index contributed by atoms with van der Waals surface area (Å²) in [7, 11) is 1.66. The van der Waals surface area contributed by atoms with Crippen LogP contribution in [0.5, 0.6) is 17.2 Å². The molecule has 2 aliphatic rings. The minimum absolute atomic E-state index is 0.0954. The van der Waals surface area contributed by atoms with Crippen LogP contribution < -0.4 is 19.1 Å². The first-order valence-electron chi connectivity index (χ1n) is 8.74. The van der Waals surface area contributed by atoms with Gasteiger partial charge in [0.1, 0.15) is 5.75 Å². The van der Waals surface area contributed by atoms with Gasteiger partial charge in [0.15, 0.2) is 11.5 Å². The van der Waals surface area contributed by atoms with E-state index < -0.39 is 0 Å². The zero-order chi connectivity index (χ0) is 18.1. The van der Waals surface area contributed by atoms with Crippen LogP contribution in [-0.4, -0.2) is 43.8 Å². The summed E-state index contributed by atoms with van der Waals surface area (Å²) in [5.74, 6) is 2.35. The van der Waals surface area contributed by atoms with E-state index in [1.54, 1.807) is 7.11 Å². The minimum atomic E-state index is -0.194. The number of ether oxygens (including phenoxy) is 3. The monoisotopic (exact) mass is 354 g/mol. The Hall–Kier alpha value is -2.73. The molecule has 0 bridgehead atoms. The Morgan fingerprint density at radius 3 is 2.81 bits per heavy atom. The molecule has 6 heteroatoms. The predicted molar refractivity (Wildman–Crippen MR) is 97.8 cm³/mol. The molecule has 2 aromatic carbocycles. The van der Waals surface area contributed by atoms with Crippen molar-refractivity contribution < 1.29 is 19.0 Å². The Bertz CT molecular complexity index is 823. The van der Waals surface area contributed by atoms with Crippen LogP contribution in [0, 0.1) is 0 Å². The largest absolute Gasteiger partial charge is 0.497 e. The van der Waals surface area contributed by atoms with Gasteiger partial charge in [-0.25, -0.2) is 0 Å². The van der Waals surface area contributed by atoms with E-state index in [1.807, 2.05) is 48.2 Å². The van der Waals surface area contributed by atoms with Crippen LogP contribution in [-0.2, 0) is 11.3 Å². The number of fused-ring (bicyclic) bond motifs is 1. The van der Waals surface area contributed by atoms with Crippen LogP contribution in [0.4, 0.5) is 5.69 Å². The highest BCUT2D eigenvalue weighted by Gasteiger charge is 2.32. The van der Waals surface area contributed by atoms with Crippen molar-refractivity contribution in [1.82, 2.24) is 4.90 Å². The van der Waals surface area contributed by atoms with E-state index in [0.29, 0.717) is 12.3 Å². The topological polar surface area (TPSA) is 51.2 Å². The molecule has 0 radical (unpaired) electrons. The highest BCUT2D eigenvalue weighted by Crippen LogP contribution is 2.36. The summed E-state index contributed by atoms with van der Waals surface area (Å²) >= 11 is 0. The van der Waals surface area contributed by atoms with Gasteiger partial charge in [-0.15, -0.1) is 0 Å². The van der Waals surface area contributed by atoms with Crippen LogP contribution in [0.15, 0.2) is 42.5 Å². The number of nitrogens with zero attached hydrogens (tertiary/aromatic N) is 2. The fraction of sp³-hybridized carbons (Fsp3) is 0.350. The lowest BCUT2D eigenvalue weighted by Crippen LogP contribution is -2.55. The number of carbonyl (C=O) groups excluding carboxylic acids is 1. The number of amides is 1. The van der Waals surface area contributed by atoms with E-state index >= 15 is 0 Å². The zero-order valence-corrected chi connectivity index (χ0v) is 15.0. The molecule has 1 unspecified atom stereocenters. The lowest BCUT2D eigenvalue weighted by Gasteiger charge is -2.39. The lowest BCUT2D eigenvalue weighted by molar-refractivity contribution is -0.125. The third kappa shape index (κ3) is 3.08. The first-order chi connectivity index (χ1) is 12.7. The number of piperazine rings is 1. The molecule has 0 N–H and O–H groups in total. The number of rotatable bonds is 4. The van der Waals surface area contributed by atoms with Crippen LogP contribution in [0.3, 0.4) is 0 Å². The molecular formula is C20H22N2O4. The normalized spacial score (nSPS) is 19.7. The van der Waals surface area contributed by atoms with E-state index in [0.717, 1.165) is 35.8 Å². The highest BCUT2D eigenvalue weighted by atomic mass is 16.7. The summed E-state index contributed by atoms with van der Waals surface area (Å²) in [6, 6.07) is 13.4. The summed E-state index contributed by atoms with van der Waals surface area (Å²) in [4.78, 5) is 17.0. The average molecular weight is 354 g/mol. The Morgan fingerprint density at radius 1 is 1.12 bits per heavy atom. The van der Waals surface area contributed by atoms with Crippen molar-refractivity contribution in [2.75, 3.05) is 31.9 Å². The molecule has 1 atom stereocenters. The lowest BCUT2D eigenvalue weighted by atomic mass is 10.1. The van der Waals surface area contributed by atoms with Gasteiger partial charge < -0.3 is 19.1 Å². The Labute approximate surface area is 152 Å². The summed E-state index contributed by atoms with van der Waals surface area (Å²) < 4.78 is 16.1. The molecule has 2 heterocycles. The summed E-state index contributed by atoms with van der Waals surface area (Å²) in [6.45, 7) is 4.36.